The molecule has 0 heterocycles. The van der Waals surface area contributed by atoms with Crippen LogP contribution in [0.1, 0.15) is 245 Å². The van der Waals surface area contributed by atoms with Gasteiger partial charge in [-0.3, -0.25) is 9.59 Å². The lowest BCUT2D eigenvalue weighted by Crippen LogP contribution is -2.45. The summed E-state index contributed by atoms with van der Waals surface area (Å²) in [5, 5.41) is 22.9. The number of carbonyl (C=O) groups is 2. The van der Waals surface area contributed by atoms with Crippen LogP contribution in [0.5, 0.6) is 0 Å². The summed E-state index contributed by atoms with van der Waals surface area (Å²) in [5.74, 6) is -0.176. The van der Waals surface area contributed by atoms with Gasteiger partial charge in [0.05, 0.1) is 25.4 Å². The highest BCUT2D eigenvalue weighted by molar-refractivity contribution is 5.76. The third-order valence-electron chi connectivity index (χ3n) is 10.9. The zero-order valence-corrected chi connectivity index (χ0v) is 37.1. The second-order valence-corrected chi connectivity index (χ2v) is 16.4. The number of amides is 1. The molecule has 0 aromatic heterocycles. The summed E-state index contributed by atoms with van der Waals surface area (Å²) in [4.78, 5) is 24.4. The molecule has 0 aliphatic rings. The lowest BCUT2D eigenvalue weighted by molar-refractivity contribution is -0.143. The van der Waals surface area contributed by atoms with Gasteiger partial charge < -0.3 is 20.3 Å². The maximum absolute atomic E-state index is 12.4. The maximum atomic E-state index is 12.4. The highest BCUT2D eigenvalue weighted by atomic mass is 16.5. The van der Waals surface area contributed by atoms with Crippen LogP contribution in [0, 0.1) is 0 Å². The Morgan fingerprint density at radius 1 is 0.482 bits per heavy atom. The molecular formula is C50H93NO5. The first-order chi connectivity index (χ1) is 27.5. The fourth-order valence-corrected chi connectivity index (χ4v) is 7.10. The number of carbonyl (C=O) groups excluding carboxylic acids is 2. The van der Waals surface area contributed by atoms with E-state index < -0.39 is 12.1 Å². The largest absolute Gasteiger partial charge is 0.466 e. The van der Waals surface area contributed by atoms with Gasteiger partial charge in [0.1, 0.15) is 0 Å². The number of aliphatic hydroxyl groups excluding tert-OH is 2. The predicted molar refractivity (Wildman–Crippen MR) is 241 cm³/mol. The second-order valence-electron chi connectivity index (χ2n) is 16.4. The number of aliphatic hydroxyl groups is 2. The summed E-state index contributed by atoms with van der Waals surface area (Å²) >= 11 is 0. The van der Waals surface area contributed by atoms with Crippen molar-refractivity contribution in [3.8, 4) is 0 Å². The molecule has 3 N–H and O–H groups in total. The van der Waals surface area contributed by atoms with Crippen molar-refractivity contribution in [1.82, 2.24) is 5.32 Å². The van der Waals surface area contributed by atoms with Gasteiger partial charge in [0.2, 0.25) is 5.91 Å². The average molecular weight is 788 g/mol. The van der Waals surface area contributed by atoms with Crippen molar-refractivity contribution in [3.63, 3.8) is 0 Å². The van der Waals surface area contributed by atoms with Gasteiger partial charge >= 0.3 is 5.97 Å². The molecule has 56 heavy (non-hydrogen) atoms. The number of esters is 1. The van der Waals surface area contributed by atoms with Gasteiger partial charge in [-0.05, 0) is 77.0 Å². The first-order valence-electron chi connectivity index (χ1n) is 24.3. The lowest BCUT2D eigenvalue weighted by atomic mass is 10.0. The highest BCUT2D eigenvalue weighted by Gasteiger charge is 2.17. The molecule has 0 aromatic carbocycles. The SMILES string of the molecule is CCCCCCCCC/C=C\CCCCCCCC(=O)OCCCCCC/C=C\CCCC(=O)NC(CO)C(O)/C=C/CCCCCCCCCCCCCC. The molecule has 6 heteroatoms. The summed E-state index contributed by atoms with van der Waals surface area (Å²) in [7, 11) is 0. The zero-order valence-electron chi connectivity index (χ0n) is 37.1. The van der Waals surface area contributed by atoms with Crippen LogP contribution < -0.4 is 5.32 Å². The highest BCUT2D eigenvalue weighted by Crippen LogP contribution is 2.14. The monoisotopic (exact) mass is 788 g/mol. The predicted octanol–water partition coefficient (Wildman–Crippen LogP) is 14.1. The van der Waals surface area contributed by atoms with Gasteiger partial charge in [0.25, 0.3) is 0 Å². The molecule has 0 spiro atoms. The van der Waals surface area contributed by atoms with Gasteiger partial charge in [-0.2, -0.15) is 0 Å². The van der Waals surface area contributed by atoms with E-state index in [2.05, 4.69) is 43.5 Å². The molecule has 0 aliphatic carbocycles. The molecule has 0 radical (unpaired) electrons. The normalized spacial score (nSPS) is 13.0. The van der Waals surface area contributed by atoms with Crippen LogP contribution in [-0.4, -0.2) is 47.4 Å². The van der Waals surface area contributed by atoms with E-state index in [0.29, 0.717) is 19.4 Å². The van der Waals surface area contributed by atoms with Crippen LogP contribution in [-0.2, 0) is 14.3 Å². The van der Waals surface area contributed by atoms with E-state index in [1.807, 2.05) is 6.08 Å². The molecule has 0 saturated carbocycles. The number of rotatable bonds is 44. The summed E-state index contributed by atoms with van der Waals surface area (Å²) in [5.41, 5.74) is 0. The minimum atomic E-state index is -0.875. The van der Waals surface area contributed by atoms with E-state index >= 15 is 0 Å². The second kappa shape index (κ2) is 45.8. The van der Waals surface area contributed by atoms with E-state index in [1.165, 1.54) is 148 Å². The molecule has 2 unspecified atom stereocenters. The minimum Gasteiger partial charge on any atom is -0.466 e. The Labute approximate surface area is 347 Å². The Bertz CT molecular complexity index is 915. The standard InChI is InChI=1S/C50H93NO5/c1-3-5-7-9-11-13-15-17-19-20-22-24-28-32-36-40-44-50(55)56-45-41-37-33-29-25-27-31-35-39-43-49(54)51-47(46-52)48(53)42-38-34-30-26-23-21-18-16-14-12-10-8-6-4-2/h19-20,27,31,38,42,47-48,52-53H,3-18,21-26,28-30,32-37,39-41,43-46H2,1-2H3,(H,51,54)/b20-19-,31-27-,42-38+. The van der Waals surface area contributed by atoms with Crippen LogP contribution in [0.2, 0.25) is 0 Å². The summed E-state index contributed by atoms with van der Waals surface area (Å²) in [6, 6.07) is -0.665. The molecule has 328 valence electrons. The summed E-state index contributed by atoms with van der Waals surface area (Å²) in [6.45, 7) is 4.79. The van der Waals surface area contributed by atoms with Gasteiger partial charge in [-0.1, -0.05) is 192 Å². The molecule has 1 amide bonds. The van der Waals surface area contributed by atoms with Crippen molar-refractivity contribution in [3.05, 3.63) is 36.5 Å². The quantitative estimate of drug-likeness (QED) is 0.0325. The van der Waals surface area contributed by atoms with Gasteiger partial charge in [-0.25, -0.2) is 0 Å². The number of ether oxygens (including phenoxy) is 1. The van der Waals surface area contributed by atoms with Crippen LogP contribution >= 0.6 is 0 Å². The molecule has 0 aliphatic heterocycles. The Balaban J connectivity index is 3.59. The Morgan fingerprint density at radius 3 is 1.30 bits per heavy atom. The van der Waals surface area contributed by atoms with Crippen LogP contribution in [0.15, 0.2) is 36.5 Å². The third kappa shape index (κ3) is 41.7. The summed E-state index contributed by atoms with van der Waals surface area (Å²) in [6.07, 6.45) is 54.3. The molecule has 0 saturated heterocycles. The van der Waals surface area contributed by atoms with Crippen LogP contribution in [0.25, 0.3) is 0 Å². The number of hydrogen-bond donors (Lipinski definition) is 3. The first-order valence-corrected chi connectivity index (χ1v) is 24.3. The number of unbranched alkanes of at least 4 members (excludes halogenated alkanes) is 29. The van der Waals surface area contributed by atoms with E-state index in [9.17, 15) is 19.8 Å². The van der Waals surface area contributed by atoms with Crippen molar-refractivity contribution < 1.29 is 24.5 Å². The van der Waals surface area contributed by atoms with E-state index in [0.717, 1.165) is 70.6 Å². The molecule has 6 nitrogen and oxygen atoms in total. The molecule has 0 aromatic rings. The van der Waals surface area contributed by atoms with E-state index in [-0.39, 0.29) is 18.5 Å². The number of nitrogens with one attached hydrogen (secondary N) is 1. The summed E-state index contributed by atoms with van der Waals surface area (Å²) < 4.78 is 5.43. The van der Waals surface area contributed by atoms with Crippen molar-refractivity contribution in [2.24, 2.45) is 0 Å². The molecule has 0 rings (SSSR count). The van der Waals surface area contributed by atoms with E-state index in [4.69, 9.17) is 4.74 Å². The molecular weight excluding hydrogens is 695 g/mol. The van der Waals surface area contributed by atoms with Gasteiger partial charge in [0, 0.05) is 12.8 Å². The zero-order chi connectivity index (χ0) is 40.8. The molecule has 0 bridgehead atoms. The molecule has 2 atom stereocenters. The minimum absolute atomic E-state index is 0.0463. The average Bonchev–Trinajstić information content (AvgIpc) is 3.20. The van der Waals surface area contributed by atoms with Crippen LogP contribution in [0.4, 0.5) is 0 Å². The fraction of sp³-hybridized carbons (Fsp3) is 0.840. The van der Waals surface area contributed by atoms with Crippen molar-refractivity contribution in [2.45, 2.75) is 257 Å². The maximum Gasteiger partial charge on any atom is 0.305 e. The van der Waals surface area contributed by atoms with Crippen molar-refractivity contribution in [2.75, 3.05) is 13.2 Å². The first kappa shape index (κ1) is 54.1. The smallest absolute Gasteiger partial charge is 0.305 e. The van der Waals surface area contributed by atoms with E-state index in [1.54, 1.807) is 6.08 Å². The molecule has 0 fully saturated rings. The lowest BCUT2D eigenvalue weighted by Gasteiger charge is -2.19. The van der Waals surface area contributed by atoms with Crippen LogP contribution in [0.3, 0.4) is 0 Å². The fourth-order valence-electron chi connectivity index (χ4n) is 7.10. The Morgan fingerprint density at radius 2 is 0.857 bits per heavy atom. The van der Waals surface area contributed by atoms with Gasteiger partial charge in [-0.15, -0.1) is 0 Å². The number of hydrogen-bond acceptors (Lipinski definition) is 5. The number of allylic oxidation sites excluding steroid dienone is 5. The van der Waals surface area contributed by atoms with Gasteiger partial charge in [0.15, 0.2) is 0 Å². The Kier molecular flexibility index (Phi) is 44.2. The third-order valence-corrected chi connectivity index (χ3v) is 10.9. The van der Waals surface area contributed by atoms with Crippen molar-refractivity contribution >= 4 is 11.9 Å². The topological polar surface area (TPSA) is 95.9 Å². The van der Waals surface area contributed by atoms with Crippen molar-refractivity contribution in [1.29, 1.82) is 0 Å². The Hall–Kier alpha value is -1.92.